The number of nitrogens with two attached hydrogens (primary N) is 1. The summed E-state index contributed by atoms with van der Waals surface area (Å²) in [6.45, 7) is 1.81. The number of primary sulfonamides is 1. The molecule has 2 aromatic rings. The summed E-state index contributed by atoms with van der Waals surface area (Å²) in [4.78, 5) is 11.9. The molecule has 25 heavy (non-hydrogen) atoms. The third-order valence-corrected chi connectivity index (χ3v) is 4.44. The molecule has 0 bridgehead atoms. The Hall–Kier alpha value is -2.45. The Labute approximate surface area is 145 Å². The van der Waals surface area contributed by atoms with Crippen molar-refractivity contribution < 1.29 is 22.3 Å². The zero-order valence-electron chi connectivity index (χ0n) is 13.6. The fourth-order valence-corrected chi connectivity index (χ4v) is 2.67. The first-order valence-corrected chi connectivity index (χ1v) is 9.11. The number of para-hydroxylation sites is 1. The second kappa shape index (κ2) is 8.09. The van der Waals surface area contributed by atoms with E-state index in [4.69, 9.17) is 9.88 Å². The number of carbonyl (C=O) groups excluding carboxylic acids is 1. The van der Waals surface area contributed by atoms with Crippen molar-refractivity contribution >= 4 is 15.9 Å². The van der Waals surface area contributed by atoms with Gasteiger partial charge in [0.05, 0.1) is 24.0 Å². The van der Waals surface area contributed by atoms with Crippen molar-refractivity contribution in [2.24, 2.45) is 5.14 Å². The molecule has 2 rings (SSSR count). The van der Waals surface area contributed by atoms with Gasteiger partial charge >= 0.3 is 0 Å². The van der Waals surface area contributed by atoms with Crippen LogP contribution in [0.15, 0.2) is 53.4 Å². The van der Waals surface area contributed by atoms with Gasteiger partial charge < -0.3 is 10.1 Å². The highest BCUT2D eigenvalue weighted by molar-refractivity contribution is 7.89. The van der Waals surface area contributed by atoms with Crippen LogP contribution in [-0.2, 0) is 14.8 Å². The van der Waals surface area contributed by atoms with Gasteiger partial charge in [0.15, 0.2) is 11.6 Å². The lowest BCUT2D eigenvalue weighted by Crippen LogP contribution is -2.28. The Morgan fingerprint density at radius 1 is 1.20 bits per heavy atom. The van der Waals surface area contributed by atoms with Crippen molar-refractivity contribution in [1.82, 2.24) is 5.32 Å². The summed E-state index contributed by atoms with van der Waals surface area (Å²) in [6.07, 6.45) is 0.0634. The summed E-state index contributed by atoms with van der Waals surface area (Å²) in [7, 11) is -3.74. The van der Waals surface area contributed by atoms with Crippen LogP contribution in [0.2, 0.25) is 0 Å². The minimum Gasteiger partial charge on any atom is -0.490 e. The molecule has 134 valence electrons. The Bertz CT molecular complexity index is 838. The van der Waals surface area contributed by atoms with Crippen molar-refractivity contribution in [1.29, 1.82) is 0 Å². The van der Waals surface area contributed by atoms with Crippen molar-refractivity contribution in [3.63, 3.8) is 0 Å². The van der Waals surface area contributed by atoms with Crippen molar-refractivity contribution in [2.45, 2.75) is 24.3 Å². The quantitative estimate of drug-likeness (QED) is 0.784. The Balaban J connectivity index is 1.84. The lowest BCUT2D eigenvalue weighted by Gasteiger charge is -2.15. The summed E-state index contributed by atoms with van der Waals surface area (Å²) in [5.41, 5.74) is 0.732. The third-order valence-electron chi connectivity index (χ3n) is 3.51. The van der Waals surface area contributed by atoms with E-state index >= 15 is 0 Å². The molecule has 6 nitrogen and oxygen atoms in total. The van der Waals surface area contributed by atoms with Gasteiger partial charge in [0.2, 0.25) is 15.9 Å². The molecule has 3 N–H and O–H groups in total. The molecular weight excluding hydrogens is 347 g/mol. The summed E-state index contributed by atoms with van der Waals surface area (Å²) in [6, 6.07) is 11.6. The first-order valence-electron chi connectivity index (χ1n) is 7.57. The van der Waals surface area contributed by atoms with E-state index in [1.54, 1.807) is 31.2 Å². The Morgan fingerprint density at radius 3 is 2.44 bits per heavy atom. The zero-order valence-corrected chi connectivity index (χ0v) is 14.4. The molecule has 2 aromatic carbocycles. The fraction of sp³-hybridized carbons (Fsp3) is 0.235. The highest BCUT2D eigenvalue weighted by atomic mass is 32.2. The zero-order chi connectivity index (χ0) is 18.4. The van der Waals surface area contributed by atoms with Crippen LogP contribution in [0.3, 0.4) is 0 Å². The molecule has 0 aliphatic rings. The molecular formula is C17H19FN2O4S. The number of halogens is 1. The van der Waals surface area contributed by atoms with Crippen LogP contribution in [0.25, 0.3) is 0 Å². The number of benzene rings is 2. The molecule has 1 amide bonds. The van der Waals surface area contributed by atoms with Crippen LogP contribution in [0.4, 0.5) is 4.39 Å². The molecule has 0 aliphatic heterocycles. The lowest BCUT2D eigenvalue weighted by atomic mass is 10.1. The number of ether oxygens (including phenoxy) is 1. The molecule has 1 atom stereocenters. The molecule has 8 heteroatoms. The minimum absolute atomic E-state index is 0.00747. The SMILES string of the molecule is C[C@H](NC(=O)CCOc1ccccc1F)c1ccc(S(N)(=O)=O)cc1. The highest BCUT2D eigenvalue weighted by Gasteiger charge is 2.12. The fourth-order valence-electron chi connectivity index (χ4n) is 2.16. The number of sulfonamides is 1. The summed E-state index contributed by atoms with van der Waals surface area (Å²) >= 11 is 0. The van der Waals surface area contributed by atoms with E-state index in [2.05, 4.69) is 5.32 Å². The second-order valence-electron chi connectivity index (χ2n) is 5.43. The highest BCUT2D eigenvalue weighted by Crippen LogP contribution is 2.17. The Kier molecular flexibility index (Phi) is 6.11. The van der Waals surface area contributed by atoms with Gasteiger partial charge in [-0.15, -0.1) is 0 Å². The van der Waals surface area contributed by atoms with Crippen molar-refractivity contribution in [3.05, 3.63) is 59.9 Å². The minimum atomic E-state index is -3.74. The summed E-state index contributed by atoms with van der Waals surface area (Å²) < 4.78 is 41.1. The normalized spacial score (nSPS) is 12.4. The topological polar surface area (TPSA) is 98.5 Å². The molecule has 0 spiro atoms. The average Bonchev–Trinajstić information content (AvgIpc) is 2.56. The predicted octanol–water partition coefficient (Wildman–Crippen LogP) is 2.12. The number of rotatable bonds is 7. The van der Waals surface area contributed by atoms with Gasteiger partial charge in [-0.2, -0.15) is 0 Å². The molecule has 0 saturated heterocycles. The average molecular weight is 366 g/mol. The third kappa shape index (κ3) is 5.54. The maximum atomic E-state index is 13.4. The second-order valence-corrected chi connectivity index (χ2v) is 6.99. The van der Waals surface area contributed by atoms with E-state index < -0.39 is 15.8 Å². The van der Waals surface area contributed by atoms with Crippen LogP contribution >= 0.6 is 0 Å². The number of nitrogens with one attached hydrogen (secondary N) is 1. The van der Waals surface area contributed by atoms with E-state index in [0.717, 1.165) is 5.56 Å². The smallest absolute Gasteiger partial charge is 0.238 e. The van der Waals surface area contributed by atoms with E-state index in [1.807, 2.05) is 0 Å². The van der Waals surface area contributed by atoms with Crippen molar-refractivity contribution in [3.8, 4) is 5.75 Å². The van der Waals surface area contributed by atoms with Crippen LogP contribution in [0.5, 0.6) is 5.75 Å². The van der Waals surface area contributed by atoms with Gasteiger partial charge in [-0.05, 0) is 36.8 Å². The standard InChI is InChI=1S/C17H19FN2O4S/c1-12(13-6-8-14(9-7-13)25(19,22)23)20-17(21)10-11-24-16-5-3-2-4-15(16)18/h2-9,12H,10-11H2,1H3,(H,20,21)(H2,19,22,23)/t12-/m0/s1. The van der Waals surface area contributed by atoms with Gasteiger partial charge in [0.1, 0.15) is 0 Å². The van der Waals surface area contributed by atoms with E-state index in [1.165, 1.54) is 24.3 Å². The number of amides is 1. The maximum absolute atomic E-state index is 13.4. The van der Waals surface area contributed by atoms with Crippen LogP contribution in [0.1, 0.15) is 24.9 Å². The van der Waals surface area contributed by atoms with Crippen LogP contribution < -0.4 is 15.2 Å². The largest absolute Gasteiger partial charge is 0.490 e. The van der Waals surface area contributed by atoms with Crippen LogP contribution in [-0.4, -0.2) is 20.9 Å². The van der Waals surface area contributed by atoms with Gasteiger partial charge in [-0.3, -0.25) is 4.79 Å². The number of hydrogen-bond donors (Lipinski definition) is 2. The van der Waals surface area contributed by atoms with Gasteiger partial charge in [0, 0.05) is 0 Å². The molecule has 0 heterocycles. The van der Waals surface area contributed by atoms with Crippen molar-refractivity contribution in [2.75, 3.05) is 6.61 Å². The van der Waals surface area contributed by atoms with E-state index in [9.17, 15) is 17.6 Å². The Morgan fingerprint density at radius 2 is 1.84 bits per heavy atom. The molecule has 0 unspecified atom stereocenters. The van der Waals surface area contributed by atoms with Gasteiger partial charge in [0.25, 0.3) is 0 Å². The molecule has 0 saturated carbocycles. The molecule has 0 fully saturated rings. The number of hydrogen-bond acceptors (Lipinski definition) is 4. The lowest BCUT2D eigenvalue weighted by molar-refractivity contribution is -0.122. The summed E-state index contributed by atoms with van der Waals surface area (Å²) in [5.74, 6) is -0.646. The van der Waals surface area contributed by atoms with E-state index in [-0.39, 0.29) is 35.6 Å². The predicted molar refractivity (Wildman–Crippen MR) is 90.9 cm³/mol. The summed E-state index contributed by atoms with van der Waals surface area (Å²) in [5, 5.41) is 7.80. The number of carbonyl (C=O) groups is 1. The maximum Gasteiger partial charge on any atom is 0.238 e. The first kappa shape index (κ1) is 18.9. The first-order chi connectivity index (χ1) is 11.8. The van der Waals surface area contributed by atoms with Gasteiger partial charge in [-0.25, -0.2) is 17.9 Å². The van der Waals surface area contributed by atoms with Gasteiger partial charge in [-0.1, -0.05) is 24.3 Å². The van der Waals surface area contributed by atoms with Crippen LogP contribution in [0, 0.1) is 5.82 Å². The molecule has 0 radical (unpaired) electrons. The molecule has 0 aromatic heterocycles. The van der Waals surface area contributed by atoms with E-state index in [0.29, 0.717) is 0 Å². The molecule has 0 aliphatic carbocycles. The monoisotopic (exact) mass is 366 g/mol.